The number of rotatable bonds is 4. The van der Waals surface area contributed by atoms with Crippen molar-refractivity contribution in [2.75, 3.05) is 5.73 Å². The third-order valence-electron chi connectivity index (χ3n) is 1.74. The maximum Gasteiger partial charge on any atom is 0.306 e. The first-order chi connectivity index (χ1) is 9.35. The quantitative estimate of drug-likeness (QED) is 0.631. The topological polar surface area (TPSA) is 80.4 Å². The third-order valence-corrected chi connectivity index (χ3v) is 1.95. The van der Waals surface area contributed by atoms with Crippen LogP contribution in [-0.2, 0) is 4.79 Å². The zero-order valence-electron chi connectivity index (χ0n) is 13.3. The van der Waals surface area contributed by atoms with Gasteiger partial charge in [-0.2, -0.15) is 0 Å². The fourth-order valence-electron chi connectivity index (χ4n) is 0.914. The number of benzene rings is 1. The number of ketones is 1. The van der Waals surface area contributed by atoms with Crippen LogP contribution in [0.4, 0.5) is 5.69 Å². The minimum atomic E-state index is -3.11. The fourth-order valence-corrected chi connectivity index (χ4v) is 1.07. The molecule has 0 aromatic heterocycles. The van der Waals surface area contributed by atoms with E-state index in [0.717, 1.165) is 13.0 Å². The van der Waals surface area contributed by atoms with Gasteiger partial charge in [0.15, 0.2) is 5.78 Å². The van der Waals surface area contributed by atoms with Gasteiger partial charge in [-0.3, -0.25) is 9.59 Å². The highest BCUT2D eigenvalue weighted by molar-refractivity contribution is 6.31. The molecule has 1 rings (SSSR count). The van der Waals surface area contributed by atoms with Crippen molar-refractivity contribution in [2.45, 2.75) is 13.3 Å². The van der Waals surface area contributed by atoms with Gasteiger partial charge >= 0.3 is 5.97 Å². The van der Waals surface area contributed by atoms with Gasteiger partial charge in [-0.05, 0) is 18.2 Å². The summed E-state index contributed by atoms with van der Waals surface area (Å²) in [4.78, 5) is 23.2. The summed E-state index contributed by atoms with van der Waals surface area (Å²) in [6, 6.07) is -0.0873. The van der Waals surface area contributed by atoms with Crippen molar-refractivity contribution in [3.8, 4) is 0 Å². The molecule has 3 N–H and O–H groups in total. The number of anilines is 1. The molecule has 0 fully saturated rings. The summed E-state index contributed by atoms with van der Waals surface area (Å²) in [6.45, 7) is 0.739. The maximum atomic E-state index is 12.2. The van der Waals surface area contributed by atoms with E-state index < -0.39 is 47.4 Å². The van der Waals surface area contributed by atoms with Gasteiger partial charge in [-0.1, -0.05) is 18.5 Å². The third kappa shape index (κ3) is 2.97. The van der Waals surface area contributed by atoms with Crippen LogP contribution in [-0.4, -0.2) is 16.9 Å². The molecule has 0 amide bonds. The number of carboxylic acid groups (broad SMARTS) is 1. The molecule has 16 heavy (non-hydrogen) atoms. The molecule has 0 saturated carbocycles. The SMILES string of the molecule is [2H]c1cc(C(=O)C([2H])([2H])C([2H])(C)C(=O)O)c(N)c([2H])c1Cl. The number of carboxylic acids is 1. The van der Waals surface area contributed by atoms with Gasteiger partial charge in [0, 0.05) is 26.8 Å². The summed E-state index contributed by atoms with van der Waals surface area (Å²) in [7, 11) is 0. The molecular formula is C11H12ClNO3. The van der Waals surface area contributed by atoms with E-state index in [9.17, 15) is 9.59 Å². The van der Waals surface area contributed by atoms with Gasteiger partial charge in [-0.25, -0.2) is 0 Å². The minimum absolute atomic E-state index is 0.309. The van der Waals surface area contributed by atoms with Crippen LogP contribution in [0.15, 0.2) is 18.2 Å². The van der Waals surface area contributed by atoms with Crippen molar-refractivity contribution in [3.05, 3.63) is 28.7 Å². The number of hydrogen-bond donors (Lipinski definition) is 2. The number of carbonyl (C=O) groups excluding carboxylic acids is 1. The van der Waals surface area contributed by atoms with Crippen LogP contribution in [0, 0.1) is 5.89 Å². The summed E-state index contributed by atoms with van der Waals surface area (Å²) in [6.07, 6.45) is -3.11. The van der Waals surface area contributed by atoms with Crippen LogP contribution < -0.4 is 5.73 Å². The van der Waals surface area contributed by atoms with Crippen molar-refractivity contribution in [1.29, 1.82) is 0 Å². The van der Waals surface area contributed by atoms with Crippen LogP contribution in [0.3, 0.4) is 0 Å². The Bertz CT molecular complexity index is 633. The summed E-state index contributed by atoms with van der Waals surface area (Å²) in [5.74, 6) is -5.98. The van der Waals surface area contributed by atoms with E-state index in [0.29, 0.717) is 0 Å². The van der Waals surface area contributed by atoms with Crippen molar-refractivity contribution < 1.29 is 21.5 Å². The molecule has 5 heteroatoms. The molecule has 1 aromatic rings. The van der Waals surface area contributed by atoms with Crippen LogP contribution in [0.5, 0.6) is 0 Å². The van der Waals surface area contributed by atoms with Crippen LogP contribution in [0.25, 0.3) is 0 Å². The molecule has 0 aliphatic heterocycles. The second-order valence-electron chi connectivity index (χ2n) is 2.94. The molecule has 1 unspecified atom stereocenters. The largest absolute Gasteiger partial charge is 0.481 e. The number of aliphatic carboxylic acids is 1. The van der Waals surface area contributed by atoms with Crippen LogP contribution in [0.2, 0.25) is 5.02 Å². The first-order valence-electron chi connectivity index (χ1n) is 6.69. The lowest BCUT2D eigenvalue weighted by Gasteiger charge is -2.07. The maximum absolute atomic E-state index is 12.2. The Morgan fingerprint density at radius 3 is 3.00 bits per heavy atom. The van der Waals surface area contributed by atoms with E-state index in [-0.39, 0.29) is 5.02 Å². The van der Waals surface area contributed by atoms with Gasteiger partial charge in [0.25, 0.3) is 0 Å². The van der Waals surface area contributed by atoms with E-state index >= 15 is 0 Å². The Kier molecular flexibility index (Phi) is 2.15. The van der Waals surface area contributed by atoms with E-state index in [1.807, 2.05) is 0 Å². The van der Waals surface area contributed by atoms with E-state index in [1.165, 1.54) is 0 Å². The minimum Gasteiger partial charge on any atom is -0.481 e. The summed E-state index contributed by atoms with van der Waals surface area (Å²) < 4.78 is 37.8. The fraction of sp³-hybridized carbons (Fsp3) is 0.273. The van der Waals surface area contributed by atoms with Gasteiger partial charge in [-0.15, -0.1) is 0 Å². The normalized spacial score (nSPS) is 19.5. The van der Waals surface area contributed by atoms with E-state index in [4.69, 9.17) is 29.3 Å². The highest BCUT2D eigenvalue weighted by Gasteiger charge is 2.18. The number of carbonyl (C=O) groups is 2. The van der Waals surface area contributed by atoms with Gasteiger partial charge in [0.2, 0.25) is 0 Å². The summed E-state index contributed by atoms with van der Waals surface area (Å²) >= 11 is 5.62. The Morgan fingerprint density at radius 1 is 1.81 bits per heavy atom. The Balaban J connectivity index is 3.49. The average Bonchev–Trinajstić information content (AvgIpc) is 2.39. The molecule has 0 aliphatic carbocycles. The van der Waals surface area contributed by atoms with Gasteiger partial charge in [0.1, 0.15) is 0 Å². The van der Waals surface area contributed by atoms with Crippen molar-refractivity contribution in [1.82, 2.24) is 0 Å². The predicted octanol–water partition coefficient (Wildman–Crippen LogP) is 2.22. The molecule has 4 nitrogen and oxygen atoms in total. The Labute approximate surface area is 105 Å². The molecule has 0 radical (unpaired) electrons. The molecule has 86 valence electrons. The van der Waals surface area contributed by atoms with Gasteiger partial charge in [0.05, 0.1) is 8.64 Å². The highest BCUT2D eigenvalue weighted by Crippen LogP contribution is 2.20. The number of Topliss-reactive ketones (excluding diaryl/α,β-unsaturated/α-hetero) is 1. The lowest BCUT2D eigenvalue weighted by molar-refractivity contribution is -0.141. The zero-order valence-corrected chi connectivity index (χ0v) is 9.05. The second kappa shape index (κ2) is 4.99. The average molecular weight is 247 g/mol. The molecule has 0 spiro atoms. The Morgan fingerprint density at radius 2 is 2.44 bits per heavy atom. The van der Waals surface area contributed by atoms with Gasteiger partial charge < -0.3 is 10.8 Å². The van der Waals surface area contributed by atoms with E-state index in [2.05, 4.69) is 0 Å². The highest BCUT2D eigenvalue weighted by atomic mass is 35.5. The summed E-state index contributed by atoms with van der Waals surface area (Å²) in [5.41, 5.74) is 4.51. The van der Waals surface area contributed by atoms with Crippen molar-refractivity contribution in [3.63, 3.8) is 0 Å². The molecule has 1 aromatic carbocycles. The number of nitrogen functional groups attached to an aromatic ring is 1. The Hall–Kier alpha value is -1.55. The molecule has 0 aliphatic rings. The van der Waals surface area contributed by atoms with Crippen molar-refractivity contribution >= 4 is 29.0 Å². The number of nitrogens with two attached hydrogens (primary N) is 1. The molecular weight excluding hydrogens is 230 g/mol. The molecule has 0 heterocycles. The first-order valence-corrected chi connectivity index (χ1v) is 4.56. The number of hydrogen-bond acceptors (Lipinski definition) is 3. The lowest BCUT2D eigenvalue weighted by atomic mass is 9.99. The van der Waals surface area contributed by atoms with Crippen molar-refractivity contribution in [2.24, 2.45) is 5.89 Å². The molecule has 0 bridgehead atoms. The molecule has 1 atom stereocenters. The second-order valence-corrected chi connectivity index (χ2v) is 3.32. The first kappa shape index (κ1) is 6.91. The standard InChI is InChI=1S/C11H12ClNO3/c1-6(11(15)16)4-10(14)8-3-2-7(12)5-9(8)13/h2-3,5-6H,4,13H2,1H3,(H,15,16)/i2D,4D2,5D,6D. The van der Waals surface area contributed by atoms with E-state index in [1.54, 1.807) is 0 Å². The predicted molar refractivity (Wildman–Crippen MR) is 61.6 cm³/mol. The lowest BCUT2D eigenvalue weighted by Crippen LogP contribution is -2.15. The molecule has 0 saturated heterocycles. The number of halogens is 1. The van der Waals surface area contributed by atoms with Crippen LogP contribution >= 0.6 is 11.6 Å². The van der Waals surface area contributed by atoms with Crippen LogP contribution in [0.1, 0.15) is 30.5 Å². The monoisotopic (exact) mass is 246 g/mol. The smallest absolute Gasteiger partial charge is 0.306 e. The summed E-state index contributed by atoms with van der Waals surface area (Å²) in [5, 5.41) is 8.58. The zero-order chi connectivity index (χ0) is 16.7.